The molecule has 1 N–H and O–H groups in total. The first-order valence-electron chi connectivity index (χ1n) is 10.9. The maximum Gasteiger partial charge on any atom is 0.261 e. The highest BCUT2D eigenvalue weighted by Crippen LogP contribution is 2.26. The minimum atomic E-state index is -0.597. The summed E-state index contributed by atoms with van der Waals surface area (Å²) in [4.78, 5) is 27.3. The zero-order chi connectivity index (χ0) is 22.8. The monoisotopic (exact) mass is 488 g/mol. The molecule has 0 aromatic heterocycles. The Labute approximate surface area is 194 Å². The Bertz CT molecular complexity index is 868. The molecule has 0 heterocycles. The smallest absolute Gasteiger partial charge is 0.261 e. The van der Waals surface area contributed by atoms with Crippen molar-refractivity contribution in [2.45, 2.75) is 59.5 Å². The first kappa shape index (κ1) is 24.9. The SMILES string of the molecule is CCCCNC(=O)[C@H](C)N(Cc1ccc(C)cc1)C(=O)COc1ccc(CC)cc1Br. The second-order valence-corrected chi connectivity index (χ2v) is 8.59. The summed E-state index contributed by atoms with van der Waals surface area (Å²) < 4.78 is 6.61. The topological polar surface area (TPSA) is 58.6 Å². The zero-order valence-corrected chi connectivity index (χ0v) is 20.5. The molecule has 0 spiro atoms. The number of benzene rings is 2. The molecule has 31 heavy (non-hydrogen) atoms. The number of amides is 2. The van der Waals surface area contributed by atoms with Gasteiger partial charge in [0.05, 0.1) is 4.47 Å². The van der Waals surface area contributed by atoms with Gasteiger partial charge in [0.25, 0.3) is 5.91 Å². The van der Waals surface area contributed by atoms with E-state index in [9.17, 15) is 9.59 Å². The molecule has 2 amide bonds. The number of nitrogens with one attached hydrogen (secondary N) is 1. The lowest BCUT2D eigenvalue weighted by Crippen LogP contribution is -2.49. The van der Waals surface area contributed by atoms with Crippen LogP contribution in [-0.4, -0.2) is 35.9 Å². The number of rotatable bonds is 11. The summed E-state index contributed by atoms with van der Waals surface area (Å²) in [5.41, 5.74) is 3.31. The molecule has 0 fully saturated rings. The van der Waals surface area contributed by atoms with Gasteiger partial charge in [-0.1, -0.05) is 56.2 Å². The van der Waals surface area contributed by atoms with Crippen LogP contribution in [0.1, 0.15) is 50.3 Å². The lowest BCUT2D eigenvalue weighted by Gasteiger charge is -2.29. The molecule has 168 valence electrons. The minimum Gasteiger partial charge on any atom is -0.483 e. The average molecular weight is 489 g/mol. The molecule has 0 saturated carbocycles. The Hall–Kier alpha value is -2.34. The van der Waals surface area contributed by atoms with Gasteiger partial charge in [0, 0.05) is 13.1 Å². The van der Waals surface area contributed by atoms with Crippen molar-refractivity contribution in [3.63, 3.8) is 0 Å². The predicted molar refractivity (Wildman–Crippen MR) is 128 cm³/mol. The number of carbonyl (C=O) groups is 2. The Morgan fingerprint density at radius 3 is 2.39 bits per heavy atom. The summed E-state index contributed by atoms with van der Waals surface area (Å²) in [5.74, 6) is 0.230. The van der Waals surface area contributed by atoms with Gasteiger partial charge in [0.15, 0.2) is 6.61 Å². The van der Waals surface area contributed by atoms with Crippen molar-refractivity contribution in [3.05, 3.63) is 63.6 Å². The highest BCUT2D eigenvalue weighted by atomic mass is 79.9. The fraction of sp³-hybridized carbons (Fsp3) is 0.440. The molecule has 2 aromatic carbocycles. The summed E-state index contributed by atoms with van der Waals surface area (Å²) in [6.45, 7) is 8.77. The first-order valence-corrected chi connectivity index (χ1v) is 11.7. The van der Waals surface area contributed by atoms with E-state index in [1.807, 2.05) is 49.4 Å². The second-order valence-electron chi connectivity index (χ2n) is 7.73. The van der Waals surface area contributed by atoms with Crippen molar-refractivity contribution in [1.29, 1.82) is 0 Å². The molecule has 0 aliphatic carbocycles. The lowest BCUT2D eigenvalue weighted by molar-refractivity contribution is -0.142. The van der Waals surface area contributed by atoms with E-state index in [4.69, 9.17) is 4.74 Å². The average Bonchev–Trinajstić information content (AvgIpc) is 2.77. The van der Waals surface area contributed by atoms with Crippen LogP contribution in [0.3, 0.4) is 0 Å². The van der Waals surface area contributed by atoms with E-state index in [-0.39, 0.29) is 18.4 Å². The molecule has 0 saturated heterocycles. The van der Waals surface area contributed by atoms with Gasteiger partial charge < -0.3 is 15.0 Å². The maximum absolute atomic E-state index is 13.1. The van der Waals surface area contributed by atoms with Crippen LogP contribution in [0.2, 0.25) is 0 Å². The van der Waals surface area contributed by atoms with Crippen LogP contribution in [0.5, 0.6) is 5.75 Å². The third kappa shape index (κ3) is 7.69. The molecule has 0 radical (unpaired) electrons. The summed E-state index contributed by atoms with van der Waals surface area (Å²) in [5, 5.41) is 2.93. The van der Waals surface area contributed by atoms with Crippen LogP contribution < -0.4 is 10.1 Å². The van der Waals surface area contributed by atoms with Gasteiger partial charge in [-0.05, 0) is 65.9 Å². The largest absolute Gasteiger partial charge is 0.483 e. The number of nitrogens with zero attached hydrogens (tertiary/aromatic N) is 1. The molecule has 0 bridgehead atoms. The minimum absolute atomic E-state index is 0.136. The summed E-state index contributed by atoms with van der Waals surface area (Å²) >= 11 is 3.51. The maximum atomic E-state index is 13.1. The summed E-state index contributed by atoms with van der Waals surface area (Å²) in [6, 6.07) is 13.2. The Morgan fingerprint density at radius 2 is 1.77 bits per heavy atom. The number of hydrogen-bond donors (Lipinski definition) is 1. The van der Waals surface area contributed by atoms with Gasteiger partial charge in [-0.25, -0.2) is 0 Å². The number of unbranched alkanes of at least 4 members (excludes halogenated alkanes) is 1. The van der Waals surface area contributed by atoms with E-state index in [0.29, 0.717) is 18.8 Å². The lowest BCUT2D eigenvalue weighted by atomic mass is 10.1. The van der Waals surface area contributed by atoms with E-state index in [1.165, 1.54) is 5.56 Å². The highest BCUT2D eigenvalue weighted by molar-refractivity contribution is 9.10. The van der Waals surface area contributed by atoms with Crippen molar-refractivity contribution in [2.24, 2.45) is 0 Å². The van der Waals surface area contributed by atoms with Crippen molar-refractivity contribution in [3.8, 4) is 5.75 Å². The quantitative estimate of drug-likeness (QED) is 0.451. The van der Waals surface area contributed by atoms with Gasteiger partial charge in [-0.15, -0.1) is 0 Å². The van der Waals surface area contributed by atoms with Crippen molar-refractivity contribution < 1.29 is 14.3 Å². The molecule has 6 heteroatoms. The Morgan fingerprint density at radius 1 is 1.10 bits per heavy atom. The van der Waals surface area contributed by atoms with Crippen molar-refractivity contribution >= 4 is 27.7 Å². The van der Waals surface area contributed by atoms with Crippen LogP contribution in [0, 0.1) is 6.92 Å². The predicted octanol–water partition coefficient (Wildman–Crippen LogP) is 5.03. The van der Waals surface area contributed by atoms with Gasteiger partial charge in [-0.3, -0.25) is 9.59 Å². The molecule has 2 rings (SSSR count). The standard InChI is InChI=1S/C25H33BrN2O3/c1-5-7-14-27-25(30)19(4)28(16-21-10-8-18(3)9-11-21)24(29)17-31-23-13-12-20(6-2)15-22(23)26/h8-13,15,19H,5-7,14,16-17H2,1-4H3,(H,27,30)/t19-/m0/s1. The highest BCUT2D eigenvalue weighted by Gasteiger charge is 2.26. The fourth-order valence-electron chi connectivity index (χ4n) is 3.11. The molecule has 0 aliphatic heterocycles. The van der Waals surface area contributed by atoms with Gasteiger partial charge >= 0.3 is 0 Å². The van der Waals surface area contributed by atoms with Crippen LogP contribution in [0.25, 0.3) is 0 Å². The number of ether oxygens (including phenoxy) is 1. The van der Waals surface area contributed by atoms with Crippen LogP contribution in [0.4, 0.5) is 0 Å². The molecule has 0 aliphatic rings. The van der Waals surface area contributed by atoms with Crippen molar-refractivity contribution in [1.82, 2.24) is 10.2 Å². The number of aryl methyl sites for hydroxylation is 2. The van der Waals surface area contributed by atoms with E-state index < -0.39 is 6.04 Å². The van der Waals surface area contributed by atoms with E-state index in [2.05, 4.69) is 35.1 Å². The second kappa shape index (κ2) is 12.5. The summed E-state index contributed by atoms with van der Waals surface area (Å²) in [6.07, 6.45) is 2.84. The van der Waals surface area contributed by atoms with E-state index in [0.717, 1.165) is 34.9 Å². The Kier molecular flexibility index (Phi) is 10.0. The van der Waals surface area contributed by atoms with Crippen molar-refractivity contribution in [2.75, 3.05) is 13.2 Å². The number of hydrogen-bond acceptors (Lipinski definition) is 3. The van der Waals surface area contributed by atoms with E-state index in [1.54, 1.807) is 11.8 Å². The molecule has 0 unspecified atom stereocenters. The summed E-state index contributed by atoms with van der Waals surface area (Å²) in [7, 11) is 0. The number of carbonyl (C=O) groups excluding carboxylic acids is 2. The van der Waals surface area contributed by atoms with Gasteiger partial charge in [0.1, 0.15) is 11.8 Å². The number of halogens is 1. The first-order chi connectivity index (χ1) is 14.8. The van der Waals surface area contributed by atoms with Crippen LogP contribution in [0.15, 0.2) is 46.9 Å². The normalized spacial score (nSPS) is 11.6. The third-order valence-electron chi connectivity index (χ3n) is 5.23. The molecule has 2 aromatic rings. The molecule has 1 atom stereocenters. The zero-order valence-electron chi connectivity index (χ0n) is 18.9. The van der Waals surface area contributed by atoms with Crippen LogP contribution in [-0.2, 0) is 22.6 Å². The van der Waals surface area contributed by atoms with Gasteiger partial charge in [-0.2, -0.15) is 0 Å². The van der Waals surface area contributed by atoms with Crippen LogP contribution >= 0.6 is 15.9 Å². The molecular weight excluding hydrogens is 456 g/mol. The third-order valence-corrected chi connectivity index (χ3v) is 5.85. The van der Waals surface area contributed by atoms with E-state index >= 15 is 0 Å². The Balaban J connectivity index is 2.12. The fourth-order valence-corrected chi connectivity index (χ4v) is 3.65. The van der Waals surface area contributed by atoms with Gasteiger partial charge in [0.2, 0.25) is 5.91 Å². The molecular formula is C25H33BrN2O3. The molecule has 5 nitrogen and oxygen atoms in total.